The number of hydrogen-bond donors (Lipinski definition) is 2. The average Bonchev–Trinajstić information content (AvgIpc) is 3.02. The fourth-order valence-corrected chi connectivity index (χ4v) is 2.37. The van der Waals surface area contributed by atoms with Gasteiger partial charge in [0.2, 0.25) is 6.79 Å². The van der Waals surface area contributed by atoms with Gasteiger partial charge in [0.05, 0.1) is 11.0 Å². The molecule has 2 aromatic carbocycles. The van der Waals surface area contributed by atoms with Crippen molar-refractivity contribution >= 4 is 5.69 Å². The zero-order valence-corrected chi connectivity index (χ0v) is 12.3. The maximum Gasteiger partial charge on any atom is 0.269 e. The largest absolute Gasteiger partial charge is 0.454 e. The summed E-state index contributed by atoms with van der Waals surface area (Å²) in [4.78, 5) is 10.3. The highest BCUT2D eigenvalue weighted by atomic mass is 16.7. The van der Waals surface area contributed by atoms with Gasteiger partial charge in [0.25, 0.3) is 5.69 Å². The summed E-state index contributed by atoms with van der Waals surface area (Å²) in [5, 5.41) is 24.0. The molecule has 3 rings (SSSR count). The van der Waals surface area contributed by atoms with Gasteiger partial charge in [0.1, 0.15) is 0 Å². The maximum atomic E-state index is 10.8. The predicted molar refractivity (Wildman–Crippen MR) is 82.3 cm³/mol. The molecule has 0 unspecified atom stereocenters. The number of nitro benzene ring substituents is 1. The van der Waals surface area contributed by atoms with Gasteiger partial charge in [0, 0.05) is 25.2 Å². The number of non-ortho nitro benzene ring substituents is 1. The molecule has 120 valence electrons. The van der Waals surface area contributed by atoms with Gasteiger partial charge in [0.15, 0.2) is 11.5 Å². The molecule has 7 heteroatoms. The van der Waals surface area contributed by atoms with E-state index < -0.39 is 11.0 Å². The molecular formula is C16H16N2O5. The molecule has 0 radical (unpaired) electrons. The van der Waals surface area contributed by atoms with Crippen molar-refractivity contribution in [1.29, 1.82) is 0 Å². The third-order valence-corrected chi connectivity index (χ3v) is 3.57. The molecule has 1 aliphatic rings. The second kappa shape index (κ2) is 6.64. The number of fused-ring (bicyclic) bond motifs is 1. The quantitative estimate of drug-likeness (QED) is 0.626. The third-order valence-electron chi connectivity index (χ3n) is 3.57. The fourth-order valence-electron chi connectivity index (χ4n) is 2.37. The second-order valence-electron chi connectivity index (χ2n) is 5.19. The SMILES string of the molecule is O=[N+]([O-])c1cccc([C@H](O)CNCc2ccc3c(c2)OCO3)c1. The summed E-state index contributed by atoms with van der Waals surface area (Å²) in [5.41, 5.74) is 1.48. The Labute approximate surface area is 132 Å². The number of benzene rings is 2. The number of nitrogens with one attached hydrogen (secondary N) is 1. The molecular weight excluding hydrogens is 300 g/mol. The van der Waals surface area contributed by atoms with E-state index in [2.05, 4.69) is 5.32 Å². The van der Waals surface area contributed by atoms with Crippen LogP contribution in [0.2, 0.25) is 0 Å². The monoisotopic (exact) mass is 316 g/mol. The van der Waals surface area contributed by atoms with Crippen LogP contribution in [0, 0.1) is 10.1 Å². The van der Waals surface area contributed by atoms with E-state index in [1.807, 2.05) is 18.2 Å². The number of aliphatic hydroxyl groups is 1. The zero-order chi connectivity index (χ0) is 16.2. The highest BCUT2D eigenvalue weighted by Crippen LogP contribution is 2.32. The van der Waals surface area contributed by atoms with Gasteiger partial charge >= 0.3 is 0 Å². The molecule has 0 spiro atoms. The Kier molecular flexibility index (Phi) is 4.40. The maximum absolute atomic E-state index is 10.8. The van der Waals surface area contributed by atoms with E-state index in [4.69, 9.17) is 9.47 Å². The lowest BCUT2D eigenvalue weighted by Gasteiger charge is -2.12. The van der Waals surface area contributed by atoms with E-state index in [9.17, 15) is 15.2 Å². The van der Waals surface area contributed by atoms with E-state index in [0.717, 1.165) is 11.3 Å². The molecule has 23 heavy (non-hydrogen) atoms. The van der Waals surface area contributed by atoms with Crippen molar-refractivity contribution < 1.29 is 19.5 Å². The Bertz CT molecular complexity index is 719. The van der Waals surface area contributed by atoms with Gasteiger partial charge in [-0.15, -0.1) is 0 Å². The van der Waals surface area contributed by atoms with Crippen molar-refractivity contribution in [3.63, 3.8) is 0 Å². The number of rotatable bonds is 6. The Balaban J connectivity index is 1.56. The summed E-state index contributed by atoms with van der Waals surface area (Å²) in [7, 11) is 0. The van der Waals surface area contributed by atoms with Crippen LogP contribution in [0.3, 0.4) is 0 Å². The molecule has 0 bridgehead atoms. The molecule has 0 amide bonds. The summed E-state index contributed by atoms with van der Waals surface area (Å²) in [6.07, 6.45) is -0.816. The zero-order valence-electron chi connectivity index (χ0n) is 12.3. The molecule has 0 fully saturated rings. The minimum Gasteiger partial charge on any atom is -0.454 e. The minimum atomic E-state index is -0.816. The van der Waals surface area contributed by atoms with E-state index in [-0.39, 0.29) is 19.0 Å². The molecule has 1 atom stereocenters. The summed E-state index contributed by atoms with van der Waals surface area (Å²) in [6, 6.07) is 11.7. The molecule has 1 heterocycles. The lowest BCUT2D eigenvalue weighted by Crippen LogP contribution is -2.21. The van der Waals surface area contributed by atoms with Gasteiger partial charge in [-0.3, -0.25) is 10.1 Å². The first kappa shape index (κ1) is 15.3. The normalized spacial score (nSPS) is 13.8. The summed E-state index contributed by atoms with van der Waals surface area (Å²) < 4.78 is 10.6. The number of hydrogen-bond acceptors (Lipinski definition) is 6. The van der Waals surface area contributed by atoms with Crippen molar-refractivity contribution in [3.05, 3.63) is 63.7 Å². The molecule has 2 N–H and O–H groups in total. The van der Waals surface area contributed by atoms with E-state index >= 15 is 0 Å². The van der Waals surface area contributed by atoms with Crippen LogP contribution in [-0.2, 0) is 6.54 Å². The number of nitrogens with zero attached hydrogens (tertiary/aromatic N) is 1. The topological polar surface area (TPSA) is 93.9 Å². The Hall–Kier alpha value is -2.64. The fraction of sp³-hybridized carbons (Fsp3) is 0.250. The first-order valence-corrected chi connectivity index (χ1v) is 7.15. The smallest absolute Gasteiger partial charge is 0.269 e. The highest BCUT2D eigenvalue weighted by molar-refractivity contribution is 5.44. The van der Waals surface area contributed by atoms with E-state index in [1.54, 1.807) is 12.1 Å². The Morgan fingerprint density at radius 1 is 1.22 bits per heavy atom. The van der Waals surface area contributed by atoms with Crippen molar-refractivity contribution in [2.45, 2.75) is 12.6 Å². The first-order chi connectivity index (χ1) is 11.1. The Morgan fingerprint density at radius 3 is 2.87 bits per heavy atom. The van der Waals surface area contributed by atoms with E-state index in [0.29, 0.717) is 17.9 Å². The predicted octanol–water partition coefficient (Wildman–Crippen LogP) is 2.15. The molecule has 0 aliphatic carbocycles. The van der Waals surface area contributed by atoms with Gasteiger partial charge in [-0.2, -0.15) is 0 Å². The highest BCUT2D eigenvalue weighted by Gasteiger charge is 2.14. The van der Waals surface area contributed by atoms with Gasteiger partial charge in [-0.05, 0) is 23.3 Å². The van der Waals surface area contributed by atoms with Gasteiger partial charge < -0.3 is 19.9 Å². The number of aliphatic hydroxyl groups excluding tert-OH is 1. The molecule has 0 aromatic heterocycles. The third kappa shape index (κ3) is 3.58. The van der Waals surface area contributed by atoms with Crippen molar-refractivity contribution in [2.24, 2.45) is 0 Å². The number of nitro groups is 1. The lowest BCUT2D eigenvalue weighted by atomic mass is 10.1. The summed E-state index contributed by atoms with van der Waals surface area (Å²) in [5.74, 6) is 1.44. The Morgan fingerprint density at radius 2 is 2.04 bits per heavy atom. The molecule has 2 aromatic rings. The van der Waals surface area contributed by atoms with Crippen LogP contribution in [-0.4, -0.2) is 23.4 Å². The van der Waals surface area contributed by atoms with Crippen LogP contribution in [0.1, 0.15) is 17.2 Å². The standard InChI is InChI=1S/C16H16N2O5/c19-14(12-2-1-3-13(7-12)18(20)21)9-17-8-11-4-5-15-16(6-11)23-10-22-15/h1-7,14,17,19H,8-10H2/t14-/m1/s1. The average molecular weight is 316 g/mol. The van der Waals surface area contributed by atoms with Gasteiger partial charge in [-0.1, -0.05) is 18.2 Å². The van der Waals surface area contributed by atoms with Crippen molar-refractivity contribution in [1.82, 2.24) is 5.32 Å². The van der Waals surface area contributed by atoms with Crippen LogP contribution in [0.4, 0.5) is 5.69 Å². The van der Waals surface area contributed by atoms with Crippen LogP contribution in [0.5, 0.6) is 11.5 Å². The molecule has 0 saturated heterocycles. The first-order valence-electron chi connectivity index (χ1n) is 7.15. The van der Waals surface area contributed by atoms with Gasteiger partial charge in [-0.25, -0.2) is 0 Å². The molecule has 0 saturated carbocycles. The second-order valence-corrected chi connectivity index (χ2v) is 5.19. The minimum absolute atomic E-state index is 0.0303. The van der Waals surface area contributed by atoms with Crippen LogP contribution >= 0.6 is 0 Å². The van der Waals surface area contributed by atoms with Crippen molar-refractivity contribution in [3.8, 4) is 11.5 Å². The molecule has 1 aliphatic heterocycles. The van der Waals surface area contributed by atoms with Crippen molar-refractivity contribution in [2.75, 3.05) is 13.3 Å². The van der Waals surface area contributed by atoms with Crippen LogP contribution in [0.15, 0.2) is 42.5 Å². The number of ether oxygens (including phenoxy) is 2. The summed E-state index contributed by atoms with van der Waals surface area (Å²) >= 11 is 0. The molecule has 7 nitrogen and oxygen atoms in total. The van der Waals surface area contributed by atoms with E-state index in [1.165, 1.54) is 12.1 Å². The van der Waals surface area contributed by atoms with Crippen LogP contribution in [0.25, 0.3) is 0 Å². The van der Waals surface area contributed by atoms with Crippen LogP contribution < -0.4 is 14.8 Å². The summed E-state index contributed by atoms with van der Waals surface area (Å²) in [6.45, 7) is 1.07. The lowest BCUT2D eigenvalue weighted by molar-refractivity contribution is -0.385.